The predicted octanol–water partition coefficient (Wildman–Crippen LogP) is 0.0113. The Balaban J connectivity index is 2.53. The summed E-state index contributed by atoms with van der Waals surface area (Å²) in [6.45, 7) is 0.841. The minimum absolute atomic E-state index is 0.841. The summed E-state index contributed by atoms with van der Waals surface area (Å²) in [6.07, 6.45) is 5.53. The van der Waals surface area contributed by atoms with Gasteiger partial charge in [0.25, 0.3) is 0 Å². The Hall–Kier alpha value is -1.45. The number of rotatable bonds is 0. The van der Waals surface area contributed by atoms with Crippen molar-refractivity contribution in [2.75, 3.05) is 7.05 Å². The lowest BCUT2D eigenvalue weighted by atomic mass is 10.3. The molecule has 2 heterocycles. The van der Waals surface area contributed by atoms with Crippen LogP contribution in [0, 0.1) is 0 Å². The van der Waals surface area contributed by atoms with Gasteiger partial charge in [0.15, 0.2) is 5.69 Å². The van der Waals surface area contributed by atoms with Gasteiger partial charge in [-0.15, -0.1) is 0 Å². The van der Waals surface area contributed by atoms with Crippen LogP contribution in [0.3, 0.4) is 0 Å². The molecule has 0 bridgehead atoms. The summed E-state index contributed by atoms with van der Waals surface area (Å²) in [7, 11) is 3.96. The van der Waals surface area contributed by atoms with Gasteiger partial charge in [-0.1, -0.05) is 0 Å². The van der Waals surface area contributed by atoms with E-state index in [0.29, 0.717) is 0 Å². The molecule has 0 amide bonds. The van der Waals surface area contributed by atoms with E-state index in [1.807, 2.05) is 36.1 Å². The molecule has 1 aliphatic rings. The second-order valence-corrected chi connectivity index (χ2v) is 2.97. The van der Waals surface area contributed by atoms with Crippen LogP contribution in [0.2, 0.25) is 0 Å². The van der Waals surface area contributed by atoms with Crippen LogP contribution in [-0.4, -0.2) is 23.3 Å². The molecule has 12 heavy (non-hydrogen) atoms. The molecule has 4 heteroatoms. The number of aliphatic imine (C=N–C) groups is 1. The van der Waals surface area contributed by atoms with Gasteiger partial charge in [0.2, 0.25) is 6.34 Å². The summed E-state index contributed by atoms with van der Waals surface area (Å²) >= 11 is 0. The Bertz CT molecular complexity index is 332. The average Bonchev–Trinajstić information content (AvgIpc) is 2.04. The van der Waals surface area contributed by atoms with E-state index in [1.165, 1.54) is 0 Å². The Kier molecular flexibility index (Phi) is 1.53. The van der Waals surface area contributed by atoms with Crippen molar-refractivity contribution in [3.8, 4) is 0 Å². The van der Waals surface area contributed by atoms with E-state index in [9.17, 15) is 0 Å². The molecule has 0 unspecified atom stereocenters. The molecule has 1 aromatic rings. The highest BCUT2D eigenvalue weighted by Crippen LogP contribution is 2.14. The van der Waals surface area contributed by atoms with Crippen LogP contribution in [0.5, 0.6) is 0 Å². The summed E-state index contributed by atoms with van der Waals surface area (Å²) in [6, 6.07) is 0. The van der Waals surface area contributed by atoms with Crippen LogP contribution in [0.4, 0.5) is 5.82 Å². The topological polar surface area (TPSA) is 32.4 Å². The fourth-order valence-corrected chi connectivity index (χ4v) is 1.26. The zero-order valence-corrected chi connectivity index (χ0v) is 7.23. The van der Waals surface area contributed by atoms with Crippen LogP contribution in [0.25, 0.3) is 0 Å². The number of hydrogen-bond donors (Lipinski definition) is 0. The van der Waals surface area contributed by atoms with E-state index in [2.05, 4.69) is 9.98 Å². The van der Waals surface area contributed by atoms with E-state index >= 15 is 0 Å². The SMILES string of the molecule is CN1C=Nc2c(ncc[n+]2C)C1. The highest BCUT2D eigenvalue weighted by atomic mass is 15.2. The van der Waals surface area contributed by atoms with Crippen molar-refractivity contribution in [1.29, 1.82) is 0 Å². The van der Waals surface area contributed by atoms with Gasteiger partial charge in [0.05, 0.1) is 19.8 Å². The van der Waals surface area contributed by atoms with Gasteiger partial charge in [-0.2, -0.15) is 0 Å². The maximum atomic E-state index is 4.27. The van der Waals surface area contributed by atoms with Crippen molar-refractivity contribution in [3.05, 3.63) is 18.1 Å². The molecule has 0 aliphatic carbocycles. The Morgan fingerprint density at radius 1 is 1.58 bits per heavy atom. The molecular weight excluding hydrogens is 152 g/mol. The van der Waals surface area contributed by atoms with Crippen molar-refractivity contribution >= 4 is 12.2 Å². The van der Waals surface area contributed by atoms with Crippen LogP contribution in [-0.2, 0) is 13.6 Å². The van der Waals surface area contributed by atoms with Gasteiger partial charge >= 0.3 is 5.82 Å². The predicted molar refractivity (Wildman–Crippen MR) is 45.0 cm³/mol. The lowest BCUT2D eigenvalue weighted by molar-refractivity contribution is -0.659. The molecule has 0 saturated heterocycles. The smallest absolute Gasteiger partial charge is 0.339 e. The molecule has 62 valence electrons. The van der Waals surface area contributed by atoms with Crippen molar-refractivity contribution in [2.45, 2.75) is 6.54 Å². The monoisotopic (exact) mass is 163 g/mol. The van der Waals surface area contributed by atoms with Crippen molar-refractivity contribution < 1.29 is 4.57 Å². The molecule has 0 aromatic carbocycles. The molecule has 1 aromatic heterocycles. The molecule has 4 nitrogen and oxygen atoms in total. The molecule has 0 N–H and O–H groups in total. The first kappa shape index (κ1) is 7.21. The Morgan fingerprint density at radius 3 is 3.25 bits per heavy atom. The highest BCUT2D eigenvalue weighted by Gasteiger charge is 2.19. The minimum Gasteiger partial charge on any atom is -0.339 e. The van der Waals surface area contributed by atoms with Crippen molar-refractivity contribution in [1.82, 2.24) is 9.88 Å². The summed E-state index contributed by atoms with van der Waals surface area (Å²) in [4.78, 5) is 10.5. The largest absolute Gasteiger partial charge is 0.348 e. The number of hydrogen-bond acceptors (Lipinski definition) is 3. The van der Waals surface area contributed by atoms with E-state index in [-0.39, 0.29) is 0 Å². The summed E-state index contributed by atoms with van der Waals surface area (Å²) in [5.74, 6) is 0.954. The standard InChI is InChI=1S/C8H11N4/c1-11-5-7-8(10-6-11)12(2)4-3-9-7/h3-4,6H,5H2,1-2H3/q+1. The third kappa shape index (κ3) is 1.05. The molecule has 1 aliphatic heterocycles. The summed E-state index contributed by atoms with van der Waals surface area (Å²) < 4.78 is 1.98. The molecule has 0 fully saturated rings. The first-order chi connectivity index (χ1) is 5.77. The highest BCUT2D eigenvalue weighted by molar-refractivity contribution is 5.61. The number of nitrogens with zero attached hydrogens (tertiary/aromatic N) is 4. The van der Waals surface area contributed by atoms with E-state index in [1.54, 1.807) is 6.20 Å². The number of aromatic nitrogens is 2. The molecule has 2 rings (SSSR count). The second kappa shape index (κ2) is 2.55. The van der Waals surface area contributed by atoms with Crippen LogP contribution < -0.4 is 4.57 Å². The average molecular weight is 163 g/mol. The minimum atomic E-state index is 0.841. The summed E-state index contributed by atoms with van der Waals surface area (Å²) in [5.41, 5.74) is 1.03. The third-order valence-electron chi connectivity index (χ3n) is 1.89. The fraction of sp³-hybridized carbons (Fsp3) is 0.375. The van der Waals surface area contributed by atoms with E-state index < -0.39 is 0 Å². The fourth-order valence-electron chi connectivity index (χ4n) is 1.26. The molecular formula is C8H11N4+. The van der Waals surface area contributed by atoms with Crippen LogP contribution in [0.1, 0.15) is 5.69 Å². The van der Waals surface area contributed by atoms with Crippen molar-refractivity contribution in [3.63, 3.8) is 0 Å². The van der Waals surface area contributed by atoms with Crippen LogP contribution in [0.15, 0.2) is 17.4 Å². The lowest BCUT2D eigenvalue weighted by Gasteiger charge is -2.13. The van der Waals surface area contributed by atoms with Gasteiger partial charge in [-0.05, 0) is 4.99 Å². The molecule has 0 saturated carbocycles. The normalized spacial score (nSPS) is 14.7. The second-order valence-electron chi connectivity index (χ2n) is 2.97. The molecule has 0 atom stereocenters. The van der Waals surface area contributed by atoms with Crippen LogP contribution >= 0.6 is 0 Å². The zero-order chi connectivity index (χ0) is 8.55. The van der Waals surface area contributed by atoms with Gasteiger partial charge in [-0.3, -0.25) is 0 Å². The Morgan fingerprint density at radius 2 is 2.42 bits per heavy atom. The van der Waals surface area contributed by atoms with Crippen molar-refractivity contribution in [2.24, 2.45) is 12.0 Å². The first-order valence-corrected chi connectivity index (χ1v) is 3.85. The quantitative estimate of drug-likeness (QED) is 0.505. The van der Waals surface area contributed by atoms with Gasteiger partial charge in [-0.25, -0.2) is 9.55 Å². The zero-order valence-electron chi connectivity index (χ0n) is 7.23. The number of aryl methyl sites for hydroxylation is 1. The Labute approximate surface area is 71.2 Å². The maximum absolute atomic E-state index is 4.27. The van der Waals surface area contributed by atoms with Gasteiger partial charge in [0.1, 0.15) is 6.20 Å². The maximum Gasteiger partial charge on any atom is 0.348 e. The van der Waals surface area contributed by atoms with Gasteiger partial charge in [0, 0.05) is 7.05 Å². The van der Waals surface area contributed by atoms with Gasteiger partial charge < -0.3 is 4.90 Å². The number of fused-ring (bicyclic) bond motifs is 1. The molecule has 0 spiro atoms. The van der Waals surface area contributed by atoms with E-state index in [4.69, 9.17) is 0 Å². The lowest BCUT2D eigenvalue weighted by Crippen LogP contribution is -2.33. The third-order valence-corrected chi connectivity index (χ3v) is 1.89. The first-order valence-electron chi connectivity index (χ1n) is 3.85. The van der Waals surface area contributed by atoms with E-state index in [0.717, 1.165) is 18.1 Å². The molecule has 0 radical (unpaired) electrons. The summed E-state index contributed by atoms with van der Waals surface area (Å²) in [5, 5.41) is 0.